The van der Waals surface area contributed by atoms with Crippen LogP contribution < -0.4 is 11.1 Å². The van der Waals surface area contributed by atoms with E-state index in [0.29, 0.717) is 4.67 Å². The van der Waals surface area contributed by atoms with Crippen LogP contribution in [0.2, 0.25) is 0 Å². The average Bonchev–Trinajstić information content (AvgIpc) is 3.23. The summed E-state index contributed by atoms with van der Waals surface area (Å²) >= 11 is 3.87. The normalized spacial score (nSPS) is 10.4. The minimum atomic E-state index is -0.842. The van der Waals surface area contributed by atoms with Gasteiger partial charge in [0, 0.05) is 7.11 Å². The Morgan fingerprint density at radius 2 is 1.90 bits per heavy atom. The van der Waals surface area contributed by atoms with Crippen LogP contribution in [0.5, 0.6) is 0 Å². The average molecular weight is 489 g/mol. The highest BCUT2D eigenvalue weighted by molar-refractivity contribution is 9.10. The van der Waals surface area contributed by atoms with E-state index in [1.54, 1.807) is 0 Å². The first kappa shape index (κ1) is 22.6. The van der Waals surface area contributed by atoms with Crippen LogP contribution in [0.15, 0.2) is 21.2 Å². The third-order valence-electron chi connectivity index (χ3n) is 3.46. The lowest BCUT2D eigenvalue weighted by molar-refractivity contribution is -0.119. The van der Waals surface area contributed by atoms with Gasteiger partial charge in [0.05, 0.1) is 17.0 Å². The van der Waals surface area contributed by atoms with Crippen molar-refractivity contribution in [2.24, 2.45) is 5.73 Å². The van der Waals surface area contributed by atoms with E-state index in [0.717, 1.165) is 11.3 Å². The number of hydrogen-bond donors (Lipinski definition) is 2. The summed E-state index contributed by atoms with van der Waals surface area (Å²) in [6.07, 6.45) is 0. The van der Waals surface area contributed by atoms with Gasteiger partial charge in [-0.2, -0.15) is 0 Å². The second-order valence-electron chi connectivity index (χ2n) is 5.48. The standard InChI is InChI=1S/C17H17BrN2O8S/c1-8-12(17(24)26-6-5-25-2)15(29-13(8)14(19)22)20-11(21)7-27-16(23)9-3-4-10(18)28-9/h3-4H,5-7H2,1-2H3,(H2,19,22)(H,20,21). The highest BCUT2D eigenvalue weighted by Crippen LogP contribution is 2.33. The van der Waals surface area contributed by atoms with Gasteiger partial charge in [0.1, 0.15) is 11.6 Å². The molecule has 0 spiro atoms. The predicted octanol–water partition coefficient (Wildman–Crippen LogP) is 2.11. The number of hydrogen-bond acceptors (Lipinski definition) is 9. The number of furan rings is 1. The molecule has 156 valence electrons. The topological polar surface area (TPSA) is 147 Å². The molecule has 0 saturated heterocycles. The Balaban J connectivity index is 2.10. The predicted molar refractivity (Wildman–Crippen MR) is 105 cm³/mol. The molecule has 0 atom stereocenters. The molecule has 10 nitrogen and oxygen atoms in total. The second kappa shape index (κ2) is 10.2. The number of nitrogens with one attached hydrogen (secondary N) is 1. The van der Waals surface area contributed by atoms with Crippen molar-refractivity contribution in [3.8, 4) is 0 Å². The van der Waals surface area contributed by atoms with Gasteiger partial charge in [0.2, 0.25) is 5.76 Å². The Kier molecular flexibility index (Phi) is 7.93. The lowest BCUT2D eigenvalue weighted by Gasteiger charge is -2.08. The van der Waals surface area contributed by atoms with Crippen molar-refractivity contribution in [2.75, 3.05) is 32.2 Å². The molecule has 12 heteroatoms. The summed E-state index contributed by atoms with van der Waals surface area (Å²) < 4.78 is 20.1. The van der Waals surface area contributed by atoms with Gasteiger partial charge in [-0.3, -0.25) is 9.59 Å². The number of halogens is 1. The minimum Gasteiger partial charge on any atom is -0.460 e. The molecule has 29 heavy (non-hydrogen) atoms. The molecular weight excluding hydrogens is 472 g/mol. The fourth-order valence-corrected chi connectivity index (χ4v) is 3.53. The van der Waals surface area contributed by atoms with Crippen LogP contribution >= 0.6 is 27.3 Å². The molecule has 0 unspecified atom stereocenters. The van der Waals surface area contributed by atoms with Gasteiger partial charge in [-0.15, -0.1) is 11.3 Å². The van der Waals surface area contributed by atoms with Crippen molar-refractivity contribution in [2.45, 2.75) is 6.92 Å². The fraction of sp³-hybridized carbons (Fsp3) is 0.294. The third-order valence-corrected chi connectivity index (χ3v) is 5.11. The van der Waals surface area contributed by atoms with Gasteiger partial charge >= 0.3 is 11.9 Å². The van der Waals surface area contributed by atoms with E-state index in [2.05, 4.69) is 21.2 Å². The number of rotatable bonds is 9. The van der Waals surface area contributed by atoms with Crippen LogP contribution in [0.1, 0.15) is 36.1 Å². The van der Waals surface area contributed by atoms with Gasteiger partial charge in [0.25, 0.3) is 11.8 Å². The van der Waals surface area contributed by atoms with Crippen molar-refractivity contribution < 1.29 is 37.8 Å². The number of nitrogens with two attached hydrogens (primary N) is 1. The molecule has 3 N–H and O–H groups in total. The van der Waals surface area contributed by atoms with Gasteiger partial charge in [-0.1, -0.05) is 0 Å². The van der Waals surface area contributed by atoms with Gasteiger partial charge in [0.15, 0.2) is 11.3 Å². The summed E-state index contributed by atoms with van der Waals surface area (Å²) in [5, 5.41) is 2.49. The smallest absolute Gasteiger partial charge is 0.374 e. The summed E-state index contributed by atoms with van der Waals surface area (Å²) in [6.45, 7) is 1.03. The molecule has 2 aromatic rings. The van der Waals surface area contributed by atoms with Crippen molar-refractivity contribution >= 4 is 56.0 Å². The van der Waals surface area contributed by atoms with Crippen molar-refractivity contribution in [3.63, 3.8) is 0 Å². The fourth-order valence-electron chi connectivity index (χ4n) is 2.16. The quantitative estimate of drug-likeness (QED) is 0.402. The highest BCUT2D eigenvalue weighted by Gasteiger charge is 2.26. The third kappa shape index (κ3) is 5.89. The Morgan fingerprint density at radius 3 is 2.48 bits per heavy atom. The van der Waals surface area contributed by atoms with Gasteiger partial charge in [-0.05, 0) is 40.5 Å². The monoisotopic (exact) mass is 488 g/mol. The van der Waals surface area contributed by atoms with Crippen LogP contribution in [-0.4, -0.2) is 50.7 Å². The number of carbonyl (C=O) groups excluding carboxylic acids is 4. The Morgan fingerprint density at radius 1 is 1.17 bits per heavy atom. The van der Waals surface area contributed by atoms with Crippen molar-refractivity contribution in [3.05, 3.63) is 38.6 Å². The molecule has 0 aliphatic heterocycles. The van der Waals surface area contributed by atoms with Crippen LogP contribution in [0.4, 0.5) is 5.00 Å². The minimum absolute atomic E-state index is 0.00505. The Hall–Kier alpha value is -2.70. The molecule has 2 heterocycles. The maximum Gasteiger partial charge on any atom is 0.374 e. The zero-order valence-electron chi connectivity index (χ0n) is 15.4. The number of methoxy groups -OCH3 is 1. The molecule has 0 bridgehead atoms. The maximum atomic E-state index is 12.4. The Labute approximate surface area is 177 Å². The molecule has 0 aromatic carbocycles. The molecule has 2 amide bonds. The van der Waals surface area contributed by atoms with E-state index in [9.17, 15) is 19.2 Å². The summed E-state index contributed by atoms with van der Waals surface area (Å²) in [5.41, 5.74) is 5.59. The van der Waals surface area contributed by atoms with Gasteiger partial charge in [-0.25, -0.2) is 9.59 Å². The zero-order chi connectivity index (χ0) is 21.6. The van der Waals surface area contributed by atoms with E-state index in [1.807, 2.05) is 0 Å². The SMILES string of the molecule is COCCOC(=O)c1c(NC(=O)COC(=O)c2ccc(Br)o2)sc(C(N)=O)c1C. The number of ether oxygens (including phenoxy) is 3. The van der Waals surface area contributed by atoms with Crippen molar-refractivity contribution in [1.29, 1.82) is 0 Å². The number of primary amides is 1. The lowest BCUT2D eigenvalue weighted by Crippen LogP contribution is -2.22. The number of carbonyl (C=O) groups is 4. The molecule has 0 aliphatic rings. The Bertz CT molecular complexity index is 936. The highest BCUT2D eigenvalue weighted by atomic mass is 79.9. The summed E-state index contributed by atoms with van der Waals surface area (Å²) in [6, 6.07) is 2.87. The number of anilines is 1. The van der Waals surface area contributed by atoms with Gasteiger partial charge < -0.3 is 29.7 Å². The van der Waals surface area contributed by atoms with E-state index >= 15 is 0 Å². The molecule has 0 saturated carbocycles. The van der Waals surface area contributed by atoms with E-state index in [1.165, 1.54) is 26.2 Å². The number of thiophene rings is 1. The van der Waals surface area contributed by atoms with Crippen LogP contribution in [-0.2, 0) is 19.0 Å². The number of esters is 2. The van der Waals surface area contributed by atoms with Crippen LogP contribution in [0.25, 0.3) is 0 Å². The van der Waals surface area contributed by atoms with Crippen LogP contribution in [0.3, 0.4) is 0 Å². The van der Waals surface area contributed by atoms with Crippen LogP contribution in [0, 0.1) is 6.92 Å². The maximum absolute atomic E-state index is 12.4. The van der Waals surface area contributed by atoms with E-state index < -0.39 is 30.4 Å². The largest absolute Gasteiger partial charge is 0.460 e. The van der Waals surface area contributed by atoms with E-state index in [-0.39, 0.29) is 40.0 Å². The molecule has 2 aromatic heterocycles. The molecule has 0 radical (unpaired) electrons. The number of amides is 2. The first-order valence-corrected chi connectivity index (χ1v) is 9.67. The molecule has 0 fully saturated rings. The summed E-state index contributed by atoms with van der Waals surface area (Å²) in [7, 11) is 1.45. The summed E-state index contributed by atoms with van der Waals surface area (Å²) in [4.78, 5) is 48.0. The first-order chi connectivity index (χ1) is 13.7. The molecule has 2 rings (SSSR count). The van der Waals surface area contributed by atoms with E-state index in [4.69, 9.17) is 24.4 Å². The lowest BCUT2D eigenvalue weighted by atomic mass is 10.1. The molecular formula is C17H17BrN2O8S. The zero-order valence-corrected chi connectivity index (χ0v) is 17.8. The molecule has 0 aliphatic carbocycles. The summed E-state index contributed by atoms with van der Waals surface area (Å²) in [5.74, 6) is -3.17. The first-order valence-electron chi connectivity index (χ1n) is 8.06. The van der Waals surface area contributed by atoms with Crippen molar-refractivity contribution in [1.82, 2.24) is 0 Å². The second-order valence-corrected chi connectivity index (χ2v) is 7.28.